The normalized spacial score (nSPS) is 20.4. The molecule has 1 aromatic carbocycles. The number of piperidine rings is 1. The average Bonchev–Trinajstić information content (AvgIpc) is 2.32. The lowest BCUT2D eigenvalue weighted by atomic mass is 10.0. The highest BCUT2D eigenvalue weighted by molar-refractivity contribution is 14.1. The number of likely N-dealkylation sites (tertiary alicyclic amines) is 1. The molecule has 1 unspecified atom stereocenters. The molecule has 0 N–H and O–H groups in total. The Morgan fingerprint density at radius 2 is 2.24 bits per heavy atom. The first-order valence-corrected chi connectivity index (χ1v) is 7.73. The van der Waals surface area contributed by atoms with Crippen molar-refractivity contribution in [2.75, 3.05) is 6.54 Å². The number of halogens is 2. The first-order chi connectivity index (χ1) is 8.11. The standard InChI is InChI=1S/C13H15BrINO/c1-9-5-2-3-8-16(9)13(17)10-6-4-7-11(14)12(10)15/h4,6-7,9H,2-3,5,8H2,1H3. The van der Waals surface area contributed by atoms with E-state index in [1.807, 2.05) is 23.1 Å². The molecule has 1 saturated heterocycles. The van der Waals surface area contributed by atoms with Gasteiger partial charge in [0.2, 0.25) is 0 Å². The molecule has 0 radical (unpaired) electrons. The lowest BCUT2D eigenvalue weighted by Crippen LogP contribution is -2.42. The molecule has 17 heavy (non-hydrogen) atoms. The Morgan fingerprint density at radius 1 is 1.47 bits per heavy atom. The van der Waals surface area contributed by atoms with Crippen molar-refractivity contribution in [1.29, 1.82) is 0 Å². The Kier molecular flexibility index (Phi) is 4.47. The van der Waals surface area contributed by atoms with Crippen LogP contribution in [0.15, 0.2) is 22.7 Å². The lowest BCUT2D eigenvalue weighted by molar-refractivity contribution is 0.0634. The van der Waals surface area contributed by atoms with E-state index in [4.69, 9.17) is 0 Å². The molecule has 1 heterocycles. The van der Waals surface area contributed by atoms with E-state index in [0.717, 1.165) is 33.0 Å². The van der Waals surface area contributed by atoms with Crippen LogP contribution in [-0.4, -0.2) is 23.4 Å². The molecule has 1 aliphatic rings. The van der Waals surface area contributed by atoms with Crippen LogP contribution >= 0.6 is 38.5 Å². The van der Waals surface area contributed by atoms with E-state index in [1.54, 1.807) is 0 Å². The fourth-order valence-corrected chi connectivity index (χ4v) is 3.18. The third-order valence-electron chi connectivity index (χ3n) is 3.25. The maximum atomic E-state index is 12.5. The second kappa shape index (κ2) is 5.69. The van der Waals surface area contributed by atoms with Gasteiger partial charge in [0, 0.05) is 20.6 Å². The van der Waals surface area contributed by atoms with E-state index < -0.39 is 0 Å². The number of rotatable bonds is 1. The zero-order valence-electron chi connectivity index (χ0n) is 9.75. The first kappa shape index (κ1) is 13.3. The van der Waals surface area contributed by atoms with Gasteiger partial charge in [0.05, 0.1) is 5.56 Å². The molecule has 1 aliphatic heterocycles. The Balaban J connectivity index is 2.27. The van der Waals surface area contributed by atoms with Gasteiger partial charge in [-0.05, 0) is 76.8 Å². The molecule has 1 aromatic rings. The van der Waals surface area contributed by atoms with E-state index in [1.165, 1.54) is 6.42 Å². The topological polar surface area (TPSA) is 20.3 Å². The van der Waals surface area contributed by atoms with Crippen LogP contribution in [0.3, 0.4) is 0 Å². The third-order valence-corrected chi connectivity index (χ3v) is 5.81. The van der Waals surface area contributed by atoms with E-state index in [2.05, 4.69) is 45.4 Å². The minimum absolute atomic E-state index is 0.169. The van der Waals surface area contributed by atoms with Crippen molar-refractivity contribution in [2.24, 2.45) is 0 Å². The van der Waals surface area contributed by atoms with Gasteiger partial charge in [-0.15, -0.1) is 0 Å². The maximum Gasteiger partial charge on any atom is 0.255 e. The fraction of sp³-hybridized carbons (Fsp3) is 0.462. The quantitative estimate of drug-likeness (QED) is 0.642. The zero-order valence-corrected chi connectivity index (χ0v) is 13.5. The van der Waals surface area contributed by atoms with Crippen molar-refractivity contribution < 1.29 is 4.79 Å². The molecule has 92 valence electrons. The van der Waals surface area contributed by atoms with Gasteiger partial charge in [0.1, 0.15) is 0 Å². The highest BCUT2D eigenvalue weighted by atomic mass is 127. The Labute approximate surface area is 124 Å². The van der Waals surface area contributed by atoms with Crippen molar-refractivity contribution >= 4 is 44.4 Å². The molecule has 0 aromatic heterocycles. The number of nitrogens with zero attached hydrogens (tertiary/aromatic N) is 1. The van der Waals surface area contributed by atoms with Gasteiger partial charge >= 0.3 is 0 Å². The molecule has 0 aliphatic carbocycles. The number of carbonyl (C=O) groups is 1. The SMILES string of the molecule is CC1CCCCN1C(=O)c1cccc(Br)c1I. The van der Waals surface area contributed by atoms with Crippen LogP contribution < -0.4 is 0 Å². The lowest BCUT2D eigenvalue weighted by Gasteiger charge is -2.33. The summed E-state index contributed by atoms with van der Waals surface area (Å²) in [4.78, 5) is 14.5. The first-order valence-electron chi connectivity index (χ1n) is 5.86. The molecular weight excluding hydrogens is 393 g/mol. The highest BCUT2D eigenvalue weighted by Gasteiger charge is 2.25. The number of hydrogen-bond acceptors (Lipinski definition) is 1. The molecule has 0 bridgehead atoms. The summed E-state index contributed by atoms with van der Waals surface area (Å²) in [5, 5.41) is 0. The van der Waals surface area contributed by atoms with Crippen molar-refractivity contribution in [3.05, 3.63) is 31.8 Å². The fourth-order valence-electron chi connectivity index (χ4n) is 2.22. The summed E-state index contributed by atoms with van der Waals surface area (Å²) in [5.74, 6) is 0.169. The maximum absolute atomic E-state index is 12.5. The number of hydrogen-bond donors (Lipinski definition) is 0. The van der Waals surface area contributed by atoms with Crippen LogP contribution in [0.5, 0.6) is 0 Å². The Morgan fingerprint density at radius 3 is 2.94 bits per heavy atom. The van der Waals surface area contributed by atoms with Gasteiger partial charge in [0.15, 0.2) is 0 Å². The highest BCUT2D eigenvalue weighted by Crippen LogP contribution is 2.26. The predicted octanol–water partition coefficient (Wildman–Crippen LogP) is 4.07. The molecule has 2 nitrogen and oxygen atoms in total. The van der Waals surface area contributed by atoms with E-state index in [9.17, 15) is 4.79 Å². The molecule has 0 spiro atoms. The summed E-state index contributed by atoms with van der Waals surface area (Å²) in [7, 11) is 0. The van der Waals surface area contributed by atoms with Crippen LogP contribution in [0.25, 0.3) is 0 Å². The minimum Gasteiger partial charge on any atom is -0.336 e. The smallest absolute Gasteiger partial charge is 0.255 e. The van der Waals surface area contributed by atoms with E-state index >= 15 is 0 Å². The minimum atomic E-state index is 0.169. The van der Waals surface area contributed by atoms with Crippen LogP contribution in [0.2, 0.25) is 0 Å². The molecule has 4 heteroatoms. The molecular formula is C13H15BrINO. The number of benzene rings is 1. The number of amides is 1. The summed E-state index contributed by atoms with van der Waals surface area (Å²) < 4.78 is 2.00. The third kappa shape index (κ3) is 2.84. The Hall–Kier alpha value is -0.100. The average molecular weight is 408 g/mol. The van der Waals surface area contributed by atoms with Crippen molar-refractivity contribution in [3.8, 4) is 0 Å². The van der Waals surface area contributed by atoms with E-state index in [0.29, 0.717) is 6.04 Å². The monoisotopic (exact) mass is 407 g/mol. The van der Waals surface area contributed by atoms with Crippen molar-refractivity contribution in [3.63, 3.8) is 0 Å². The largest absolute Gasteiger partial charge is 0.336 e. The van der Waals surface area contributed by atoms with Crippen LogP contribution in [0.4, 0.5) is 0 Å². The zero-order chi connectivity index (χ0) is 12.4. The van der Waals surface area contributed by atoms with E-state index in [-0.39, 0.29) is 5.91 Å². The molecule has 1 amide bonds. The second-order valence-corrected chi connectivity index (χ2v) is 6.38. The number of carbonyl (C=O) groups excluding carboxylic acids is 1. The summed E-state index contributed by atoms with van der Waals surface area (Å²) in [5.41, 5.74) is 0.814. The van der Waals surface area contributed by atoms with Gasteiger partial charge in [-0.25, -0.2) is 0 Å². The van der Waals surface area contributed by atoms with Gasteiger partial charge in [-0.2, -0.15) is 0 Å². The summed E-state index contributed by atoms with van der Waals surface area (Å²) in [6, 6.07) is 6.17. The molecule has 2 rings (SSSR count). The summed E-state index contributed by atoms with van der Waals surface area (Å²) in [6.07, 6.45) is 3.48. The molecule has 1 fully saturated rings. The van der Waals surface area contributed by atoms with Crippen LogP contribution in [0.1, 0.15) is 36.5 Å². The van der Waals surface area contributed by atoms with Crippen LogP contribution in [0, 0.1) is 3.57 Å². The molecule has 1 atom stereocenters. The summed E-state index contributed by atoms with van der Waals surface area (Å²) in [6.45, 7) is 3.03. The van der Waals surface area contributed by atoms with Gasteiger partial charge in [-0.1, -0.05) is 6.07 Å². The van der Waals surface area contributed by atoms with Gasteiger partial charge in [-0.3, -0.25) is 4.79 Å². The molecule has 0 saturated carbocycles. The summed E-state index contributed by atoms with van der Waals surface area (Å²) >= 11 is 5.70. The van der Waals surface area contributed by atoms with Crippen LogP contribution in [-0.2, 0) is 0 Å². The predicted molar refractivity (Wildman–Crippen MR) is 81.2 cm³/mol. The Bertz CT molecular complexity index is 435. The van der Waals surface area contributed by atoms with Gasteiger partial charge in [0.25, 0.3) is 5.91 Å². The van der Waals surface area contributed by atoms with Crippen molar-refractivity contribution in [2.45, 2.75) is 32.2 Å². The second-order valence-electron chi connectivity index (χ2n) is 4.44. The van der Waals surface area contributed by atoms with Gasteiger partial charge < -0.3 is 4.90 Å². The van der Waals surface area contributed by atoms with Crippen molar-refractivity contribution in [1.82, 2.24) is 4.90 Å².